The normalized spacial score (nSPS) is 12.3. The molecule has 0 radical (unpaired) electrons. The molecular weight excluding hydrogens is 428 g/mol. The highest BCUT2D eigenvalue weighted by Gasteiger charge is 2.37. The van der Waals surface area contributed by atoms with Crippen molar-refractivity contribution in [1.82, 2.24) is 14.8 Å². The second-order valence-electron chi connectivity index (χ2n) is 5.80. The molecule has 1 heterocycles. The second-order valence-corrected chi connectivity index (χ2v) is 6.23. The van der Waals surface area contributed by atoms with Crippen molar-refractivity contribution in [3.05, 3.63) is 63.0 Å². The zero-order valence-electron chi connectivity index (χ0n) is 14.3. The molecule has 0 atom stereocenters. The summed E-state index contributed by atoms with van der Waals surface area (Å²) in [5, 5.41) is 5.78. The minimum absolute atomic E-state index is 0.0141. The van der Waals surface area contributed by atoms with Crippen LogP contribution in [0.15, 0.2) is 41.2 Å². The minimum Gasteiger partial charge on any atom is -0.495 e. The first-order valence-electron chi connectivity index (χ1n) is 7.73. The lowest BCUT2D eigenvalue weighted by Gasteiger charge is -2.15. The van der Waals surface area contributed by atoms with Crippen molar-refractivity contribution >= 4 is 11.6 Å². The van der Waals surface area contributed by atoms with E-state index in [4.69, 9.17) is 16.3 Å². The monoisotopic (exact) mass is 437 g/mol. The molecule has 1 aromatic heterocycles. The first-order valence-corrected chi connectivity index (χ1v) is 8.11. The Morgan fingerprint density at radius 1 is 1.00 bits per heavy atom. The molecule has 0 unspecified atom stereocenters. The van der Waals surface area contributed by atoms with Crippen molar-refractivity contribution in [3.63, 3.8) is 0 Å². The van der Waals surface area contributed by atoms with Crippen LogP contribution in [0.1, 0.15) is 11.1 Å². The molecule has 0 saturated heterocycles. The van der Waals surface area contributed by atoms with Crippen LogP contribution in [0, 0.1) is 0 Å². The summed E-state index contributed by atoms with van der Waals surface area (Å²) in [6.45, 7) is 0. The van der Waals surface area contributed by atoms with Gasteiger partial charge >= 0.3 is 18.0 Å². The Hall–Kier alpha value is -2.95. The van der Waals surface area contributed by atoms with Crippen LogP contribution in [0.5, 0.6) is 5.75 Å². The van der Waals surface area contributed by atoms with Gasteiger partial charge in [-0.05, 0) is 36.4 Å². The van der Waals surface area contributed by atoms with Crippen molar-refractivity contribution in [2.45, 2.75) is 12.4 Å². The lowest BCUT2D eigenvalue weighted by molar-refractivity contribution is -0.143. The van der Waals surface area contributed by atoms with Crippen LogP contribution in [-0.4, -0.2) is 21.9 Å². The lowest BCUT2D eigenvalue weighted by atomic mass is 10.0. The standard InChI is InChI=1S/C17H10ClF6N3O2/c1-29-13-3-2-11(18)7-12(13)27-14(25-26-15(27)28)8-4-9(16(19,20)21)6-10(5-8)17(22,23)24/h2-7H,1H3,(H,26,28). The molecule has 0 bridgehead atoms. The number of nitrogens with one attached hydrogen (secondary N) is 1. The number of aromatic nitrogens is 3. The third kappa shape index (κ3) is 4.09. The number of aromatic amines is 1. The highest BCUT2D eigenvalue weighted by atomic mass is 35.5. The van der Waals surface area contributed by atoms with E-state index >= 15 is 0 Å². The Morgan fingerprint density at radius 2 is 1.59 bits per heavy atom. The van der Waals surface area contributed by atoms with Crippen molar-refractivity contribution in [1.29, 1.82) is 0 Å². The van der Waals surface area contributed by atoms with E-state index in [9.17, 15) is 31.1 Å². The van der Waals surface area contributed by atoms with Gasteiger partial charge in [-0.15, -0.1) is 0 Å². The Bertz CT molecular complexity index is 1090. The number of rotatable bonds is 3. The fourth-order valence-corrected chi connectivity index (χ4v) is 2.80. The van der Waals surface area contributed by atoms with Gasteiger partial charge in [0.15, 0.2) is 5.82 Å². The summed E-state index contributed by atoms with van der Waals surface area (Å²) in [7, 11) is 1.27. The average molecular weight is 438 g/mol. The molecule has 0 saturated carbocycles. The lowest BCUT2D eigenvalue weighted by Crippen LogP contribution is -2.17. The molecule has 0 spiro atoms. The maximum atomic E-state index is 13.2. The van der Waals surface area contributed by atoms with Crippen LogP contribution in [0.25, 0.3) is 17.1 Å². The van der Waals surface area contributed by atoms with Gasteiger partial charge in [0.05, 0.1) is 23.9 Å². The van der Waals surface area contributed by atoms with Crippen molar-refractivity contribution in [3.8, 4) is 22.8 Å². The van der Waals surface area contributed by atoms with E-state index in [1.807, 2.05) is 5.10 Å². The summed E-state index contributed by atoms with van der Waals surface area (Å²) >= 11 is 5.91. The molecule has 0 fully saturated rings. The smallest absolute Gasteiger partial charge is 0.416 e. The van der Waals surface area contributed by atoms with E-state index in [0.29, 0.717) is 12.1 Å². The van der Waals surface area contributed by atoms with E-state index < -0.39 is 40.6 Å². The van der Waals surface area contributed by atoms with Crippen LogP contribution in [0.4, 0.5) is 26.3 Å². The third-order valence-corrected chi connectivity index (χ3v) is 4.14. The number of alkyl halides is 6. The van der Waals surface area contributed by atoms with E-state index in [0.717, 1.165) is 4.57 Å². The van der Waals surface area contributed by atoms with Gasteiger partial charge in [-0.3, -0.25) is 0 Å². The minimum atomic E-state index is -5.05. The van der Waals surface area contributed by atoms with Crippen molar-refractivity contribution < 1.29 is 31.1 Å². The maximum absolute atomic E-state index is 13.2. The molecule has 0 aliphatic rings. The largest absolute Gasteiger partial charge is 0.495 e. The van der Waals surface area contributed by atoms with E-state index in [2.05, 4.69) is 5.10 Å². The second kappa shape index (κ2) is 7.14. The number of ether oxygens (including phenoxy) is 1. The third-order valence-electron chi connectivity index (χ3n) is 3.90. The van der Waals surface area contributed by atoms with Crippen LogP contribution in [0.2, 0.25) is 5.02 Å². The molecule has 0 aliphatic carbocycles. The number of methoxy groups -OCH3 is 1. The van der Waals surface area contributed by atoms with Crippen LogP contribution >= 0.6 is 11.6 Å². The fraction of sp³-hybridized carbons (Fsp3) is 0.176. The quantitative estimate of drug-likeness (QED) is 0.591. The Morgan fingerprint density at radius 3 is 2.10 bits per heavy atom. The molecule has 0 amide bonds. The molecule has 5 nitrogen and oxygen atoms in total. The SMILES string of the molecule is COc1ccc(Cl)cc1-n1c(-c2cc(C(F)(F)F)cc(C(F)(F)F)c2)n[nH]c1=O. The highest BCUT2D eigenvalue weighted by Crippen LogP contribution is 2.39. The molecule has 12 heteroatoms. The summed E-state index contributed by atoms with van der Waals surface area (Å²) in [4.78, 5) is 12.3. The molecule has 29 heavy (non-hydrogen) atoms. The number of hydrogen-bond acceptors (Lipinski definition) is 3. The number of nitrogens with zero attached hydrogens (tertiary/aromatic N) is 2. The highest BCUT2D eigenvalue weighted by molar-refractivity contribution is 6.30. The Labute approximate surface area is 163 Å². The Kier molecular flexibility index (Phi) is 5.11. The predicted octanol–water partition coefficient (Wildman–Crippen LogP) is 4.93. The van der Waals surface area contributed by atoms with Crippen LogP contribution < -0.4 is 10.4 Å². The number of H-pyrrole nitrogens is 1. The first kappa shape index (κ1) is 20.8. The molecule has 3 rings (SSSR count). The van der Waals surface area contributed by atoms with Gasteiger partial charge in [0.1, 0.15) is 5.75 Å². The summed E-state index contributed by atoms with van der Waals surface area (Å²) in [6, 6.07) is 5.00. The van der Waals surface area contributed by atoms with Gasteiger partial charge in [-0.1, -0.05) is 11.6 Å². The molecular formula is C17H10ClF6N3O2. The number of benzene rings is 2. The zero-order valence-corrected chi connectivity index (χ0v) is 15.1. The van der Waals surface area contributed by atoms with E-state index in [-0.39, 0.29) is 22.5 Å². The van der Waals surface area contributed by atoms with E-state index in [1.54, 1.807) is 0 Å². The van der Waals surface area contributed by atoms with Gasteiger partial charge < -0.3 is 4.74 Å². The fourth-order valence-electron chi connectivity index (χ4n) is 2.64. The zero-order chi connectivity index (χ0) is 21.6. The predicted molar refractivity (Wildman–Crippen MR) is 91.2 cm³/mol. The summed E-state index contributed by atoms with van der Waals surface area (Å²) < 4.78 is 84.8. The average Bonchev–Trinajstić information content (AvgIpc) is 3.01. The first-order chi connectivity index (χ1) is 13.4. The molecule has 0 aliphatic heterocycles. The topological polar surface area (TPSA) is 59.9 Å². The Balaban J connectivity index is 2.32. The molecule has 1 N–H and O–H groups in total. The number of halogens is 7. The van der Waals surface area contributed by atoms with Crippen molar-refractivity contribution in [2.24, 2.45) is 0 Å². The van der Waals surface area contributed by atoms with Crippen LogP contribution in [0.3, 0.4) is 0 Å². The van der Waals surface area contributed by atoms with Crippen molar-refractivity contribution in [2.75, 3.05) is 7.11 Å². The summed E-state index contributed by atoms with van der Waals surface area (Å²) in [5.41, 5.74) is -4.58. The maximum Gasteiger partial charge on any atom is 0.416 e. The molecule has 3 aromatic rings. The summed E-state index contributed by atoms with van der Waals surface area (Å²) in [5.74, 6) is -0.380. The van der Waals surface area contributed by atoms with E-state index in [1.165, 1.54) is 25.3 Å². The van der Waals surface area contributed by atoms with Gasteiger partial charge in [0.25, 0.3) is 0 Å². The van der Waals surface area contributed by atoms with Crippen LogP contribution in [-0.2, 0) is 12.4 Å². The number of hydrogen-bond donors (Lipinski definition) is 1. The molecule has 2 aromatic carbocycles. The van der Waals surface area contributed by atoms with Gasteiger partial charge in [-0.25, -0.2) is 14.5 Å². The van der Waals surface area contributed by atoms with Gasteiger partial charge in [-0.2, -0.15) is 31.4 Å². The van der Waals surface area contributed by atoms with Gasteiger partial charge in [0.2, 0.25) is 0 Å². The molecule has 154 valence electrons. The summed E-state index contributed by atoms with van der Waals surface area (Å²) in [6.07, 6.45) is -10.1. The van der Waals surface area contributed by atoms with Gasteiger partial charge in [0, 0.05) is 10.6 Å².